The topological polar surface area (TPSA) is 105 Å². The van der Waals surface area contributed by atoms with Crippen LogP contribution in [0, 0.1) is 11.3 Å². The van der Waals surface area contributed by atoms with E-state index in [-0.39, 0.29) is 17.9 Å². The fourth-order valence-corrected chi connectivity index (χ4v) is 2.10. The van der Waals surface area contributed by atoms with Crippen LogP contribution in [0.25, 0.3) is 5.69 Å². The molecular weight excluding hydrogens is 343 g/mol. The van der Waals surface area contributed by atoms with Crippen LogP contribution in [0.15, 0.2) is 24.3 Å². The number of esters is 1. The van der Waals surface area contributed by atoms with Gasteiger partial charge in [0.05, 0.1) is 23.9 Å². The molecule has 0 fully saturated rings. The van der Waals surface area contributed by atoms with Crippen molar-refractivity contribution < 1.29 is 32.6 Å². The zero-order valence-corrected chi connectivity index (χ0v) is 12.7. The molecular formula is C15H10F3N3O4. The third kappa shape index (κ3) is 3.45. The van der Waals surface area contributed by atoms with Gasteiger partial charge in [-0.2, -0.15) is 23.5 Å². The van der Waals surface area contributed by atoms with E-state index in [2.05, 4.69) is 9.84 Å². The van der Waals surface area contributed by atoms with E-state index in [9.17, 15) is 27.9 Å². The molecule has 1 N–H and O–H groups in total. The van der Waals surface area contributed by atoms with Crippen molar-refractivity contribution in [3.63, 3.8) is 0 Å². The second-order valence-electron chi connectivity index (χ2n) is 4.67. The highest BCUT2D eigenvalue weighted by atomic mass is 19.4. The van der Waals surface area contributed by atoms with Crippen LogP contribution in [0.4, 0.5) is 13.2 Å². The number of benzene rings is 1. The second-order valence-corrected chi connectivity index (χ2v) is 4.67. The Hall–Kier alpha value is -3.35. The molecule has 130 valence electrons. The molecule has 0 aliphatic heterocycles. The van der Waals surface area contributed by atoms with E-state index in [0.29, 0.717) is 4.68 Å². The summed E-state index contributed by atoms with van der Waals surface area (Å²) >= 11 is 0. The standard InChI is InChI=1S/C15H10F3N3O4/c1-2-25-14(24)10-11(13(22)23)21(20-12(10)15(16,17)18)9-5-3-4-8(6-9)7-19/h3-6H,2H2,1H3,(H,22,23). The first-order valence-corrected chi connectivity index (χ1v) is 6.81. The van der Waals surface area contributed by atoms with Gasteiger partial charge in [-0.1, -0.05) is 6.07 Å². The predicted molar refractivity (Wildman–Crippen MR) is 76.2 cm³/mol. The monoisotopic (exact) mass is 353 g/mol. The number of aromatic nitrogens is 2. The van der Waals surface area contributed by atoms with E-state index in [0.717, 1.165) is 6.07 Å². The van der Waals surface area contributed by atoms with Crippen LogP contribution < -0.4 is 0 Å². The SMILES string of the molecule is CCOC(=O)c1c(C(F)(F)F)nn(-c2cccc(C#N)c2)c1C(=O)O. The summed E-state index contributed by atoms with van der Waals surface area (Å²) in [5, 5.41) is 21.5. The minimum atomic E-state index is -5.08. The summed E-state index contributed by atoms with van der Waals surface area (Å²) in [5.41, 5.74) is -3.90. The molecule has 0 aliphatic carbocycles. The fraction of sp³-hybridized carbons (Fsp3) is 0.200. The minimum Gasteiger partial charge on any atom is -0.476 e. The molecule has 0 saturated heterocycles. The number of rotatable bonds is 4. The van der Waals surface area contributed by atoms with Gasteiger partial charge >= 0.3 is 18.1 Å². The first kappa shape index (κ1) is 18.0. The Labute approximate surface area is 138 Å². The maximum absolute atomic E-state index is 13.2. The summed E-state index contributed by atoms with van der Waals surface area (Å²) < 4.78 is 44.7. The molecule has 25 heavy (non-hydrogen) atoms. The van der Waals surface area contributed by atoms with Crippen molar-refractivity contribution in [1.82, 2.24) is 9.78 Å². The zero-order chi connectivity index (χ0) is 18.8. The number of aromatic carboxylic acids is 1. The number of carboxylic acids is 1. The highest BCUT2D eigenvalue weighted by molar-refractivity contribution is 6.02. The smallest absolute Gasteiger partial charge is 0.436 e. The highest BCUT2D eigenvalue weighted by Gasteiger charge is 2.44. The minimum absolute atomic E-state index is 0.0792. The quantitative estimate of drug-likeness (QED) is 0.847. The summed E-state index contributed by atoms with van der Waals surface area (Å²) in [6.45, 7) is 1.12. The number of carbonyl (C=O) groups excluding carboxylic acids is 1. The Morgan fingerprint density at radius 2 is 2.08 bits per heavy atom. The first-order valence-electron chi connectivity index (χ1n) is 6.81. The molecule has 2 aromatic rings. The van der Waals surface area contributed by atoms with Gasteiger partial charge < -0.3 is 9.84 Å². The van der Waals surface area contributed by atoms with Crippen molar-refractivity contribution >= 4 is 11.9 Å². The molecule has 0 saturated carbocycles. The number of carboxylic acid groups (broad SMARTS) is 1. The van der Waals surface area contributed by atoms with Gasteiger partial charge in [0, 0.05) is 0 Å². The van der Waals surface area contributed by atoms with Crippen LogP contribution in [-0.2, 0) is 10.9 Å². The molecule has 0 aliphatic rings. The van der Waals surface area contributed by atoms with Crippen LogP contribution in [0.1, 0.15) is 39.0 Å². The van der Waals surface area contributed by atoms with Crippen LogP contribution in [0.2, 0.25) is 0 Å². The van der Waals surface area contributed by atoms with E-state index in [4.69, 9.17) is 5.26 Å². The Morgan fingerprint density at radius 1 is 1.40 bits per heavy atom. The van der Waals surface area contributed by atoms with Gasteiger partial charge in [0.15, 0.2) is 11.4 Å². The van der Waals surface area contributed by atoms with Gasteiger partial charge in [-0.3, -0.25) is 0 Å². The van der Waals surface area contributed by atoms with Gasteiger partial charge in [0.25, 0.3) is 0 Å². The molecule has 10 heteroatoms. The molecule has 1 heterocycles. The number of hydrogen-bond donors (Lipinski definition) is 1. The lowest BCUT2D eigenvalue weighted by molar-refractivity contribution is -0.141. The summed E-state index contributed by atoms with van der Waals surface area (Å²) in [6, 6.07) is 6.91. The molecule has 1 aromatic heterocycles. The van der Waals surface area contributed by atoms with E-state index < -0.39 is 35.1 Å². The van der Waals surface area contributed by atoms with Crippen molar-refractivity contribution in [3.8, 4) is 11.8 Å². The second kappa shape index (κ2) is 6.64. The van der Waals surface area contributed by atoms with Gasteiger partial charge in [-0.05, 0) is 25.1 Å². The summed E-state index contributed by atoms with van der Waals surface area (Å²) in [7, 11) is 0. The first-order chi connectivity index (χ1) is 11.7. The third-order valence-electron chi connectivity index (χ3n) is 3.06. The number of ether oxygens (including phenoxy) is 1. The molecule has 0 unspecified atom stereocenters. The van der Waals surface area contributed by atoms with Gasteiger partial charge in [-0.25, -0.2) is 14.3 Å². The van der Waals surface area contributed by atoms with Crippen molar-refractivity contribution in [2.45, 2.75) is 13.1 Å². The van der Waals surface area contributed by atoms with Gasteiger partial charge in [-0.15, -0.1) is 0 Å². The van der Waals surface area contributed by atoms with Crippen LogP contribution in [0.3, 0.4) is 0 Å². The third-order valence-corrected chi connectivity index (χ3v) is 3.06. The van der Waals surface area contributed by atoms with Crippen LogP contribution in [-0.4, -0.2) is 33.4 Å². The molecule has 1 aromatic carbocycles. The Bertz CT molecular complexity index is 881. The lowest BCUT2D eigenvalue weighted by Crippen LogP contribution is -2.17. The van der Waals surface area contributed by atoms with Crippen molar-refractivity contribution in [3.05, 3.63) is 46.8 Å². The molecule has 7 nitrogen and oxygen atoms in total. The molecule has 0 bridgehead atoms. The fourth-order valence-electron chi connectivity index (χ4n) is 2.10. The Kier molecular flexibility index (Phi) is 4.78. The average Bonchev–Trinajstić information content (AvgIpc) is 2.96. The molecule has 0 radical (unpaired) electrons. The maximum atomic E-state index is 13.2. The van der Waals surface area contributed by atoms with E-state index in [1.165, 1.54) is 25.1 Å². The number of nitrogens with zero attached hydrogens (tertiary/aromatic N) is 3. The summed E-state index contributed by atoms with van der Waals surface area (Å²) in [5.74, 6) is -3.25. The van der Waals surface area contributed by atoms with Crippen molar-refractivity contribution in [1.29, 1.82) is 5.26 Å². The number of alkyl halides is 3. The molecule has 0 amide bonds. The van der Waals surface area contributed by atoms with Crippen LogP contribution >= 0.6 is 0 Å². The zero-order valence-electron chi connectivity index (χ0n) is 12.7. The number of halogens is 3. The van der Waals surface area contributed by atoms with E-state index in [1.54, 1.807) is 6.07 Å². The number of hydrogen-bond acceptors (Lipinski definition) is 5. The number of nitriles is 1. The van der Waals surface area contributed by atoms with Crippen LogP contribution in [0.5, 0.6) is 0 Å². The average molecular weight is 353 g/mol. The van der Waals surface area contributed by atoms with Crippen molar-refractivity contribution in [2.75, 3.05) is 6.61 Å². The molecule has 0 atom stereocenters. The Morgan fingerprint density at radius 3 is 2.60 bits per heavy atom. The normalized spacial score (nSPS) is 11.0. The predicted octanol–water partition coefficient (Wildman–Crippen LogP) is 2.64. The van der Waals surface area contributed by atoms with E-state index in [1.807, 2.05) is 0 Å². The largest absolute Gasteiger partial charge is 0.476 e. The molecule has 0 spiro atoms. The maximum Gasteiger partial charge on any atom is 0.436 e. The summed E-state index contributed by atoms with van der Waals surface area (Å²) in [4.78, 5) is 23.4. The lowest BCUT2D eigenvalue weighted by atomic mass is 10.1. The van der Waals surface area contributed by atoms with Gasteiger partial charge in [0.2, 0.25) is 0 Å². The lowest BCUT2D eigenvalue weighted by Gasteiger charge is -2.06. The number of carbonyl (C=O) groups is 2. The highest BCUT2D eigenvalue weighted by Crippen LogP contribution is 2.34. The van der Waals surface area contributed by atoms with Gasteiger partial charge in [0.1, 0.15) is 5.56 Å². The van der Waals surface area contributed by atoms with E-state index >= 15 is 0 Å². The summed E-state index contributed by atoms with van der Waals surface area (Å²) in [6.07, 6.45) is -5.08. The van der Waals surface area contributed by atoms with Crippen molar-refractivity contribution in [2.24, 2.45) is 0 Å². The molecule has 2 rings (SSSR count). The Balaban J connectivity index is 2.83.